The summed E-state index contributed by atoms with van der Waals surface area (Å²) in [6, 6.07) is 11.9. The van der Waals surface area contributed by atoms with Crippen LogP contribution in [0, 0.1) is 13.8 Å². The molecule has 0 aliphatic rings. The average Bonchev–Trinajstić information content (AvgIpc) is 2.80. The Labute approximate surface area is 215 Å². The van der Waals surface area contributed by atoms with Crippen LogP contribution in [0.3, 0.4) is 0 Å². The number of aryl methyl sites for hydroxylation is 2. The zero-order valence-electron chi connectivity index (χ0n) is 22.4. The first-order chi connectivity index (χ1) is 16.9. The van der Waals surface area contributed by atoms with Crippen molar-refractivity contribution in [2.24, 2.45) is 0 Å². The number of benzene rings is 2. The molecule has 0 fully saturated rings. The Hall–Kier alpha value is -3.07. The highest BCUT2D eigenvalue weighted by Crippen LogP contribution is 2.23. The Bertz CT molecular complexity index is 1150. The minimum absolute atomic E-state index is 0.0527. The number of nitrogens with one attached hydrogen (secondary N) is 1. The Morgan fingerprint density at radius 1 is 1.03 bits per heavy atom. The lowest BCUT2D eigenvalue weighted by Crippen LogP contribution is -2.53. The first-order valence-electron chi connectivity index (χ1n) is 12.2. The van der Waals surface area contributed by atoms with Gasteiger partial charge < -0.3 is 15.0 Å². The number of carbonyl (C=O) groups is 2. The number of nitrogens with zero attached hydrogens (tertiary/aromatic N) is 2. The molecular weight excluding hydrogens is 478 g/mol. The summed E-state index contributed by atoms with van der Waals surface area (Å²) in [5.74, 6) is -0.0982. The van der Waals surface area contributed by atoms with Gasteiger partial charge in [-0.15, -0.1) is 0 Å². The largest absolute Gasteiger partial charge is 0.497 e. The summed E-state index contributed by atoms with van der Waals surface area (Å²) < 4.78 is 32.0. The van der Waals surface area contributed by atoms with Crippen LogP contribution in [0.25, 0.3) is 0 Å². The molecule has 36 heavy (non-hydrogen) atoms. The van der Waals surface area contributed by atoms with Crippen LogP contribution in [-0.2, 0) is 26.2 Å². The van der Waals surface area contributed by atoms with E-state index in [1.807, 2.05) is 52.8 Å². The van der Waals surface area contributed by atoms with Crippen molar-refractivity contribution < 1.29 is 22.7 Å². The SMILES string of the molecule is CC[C@H](C(=O)N[C@@H](C)CC)N(Cc1cccc(OC)c1)C(=O)CN(c1cc(C)cc(C)c1)S(C)(=O)=O. The molecule has 2 atom stereocenters. The summed E-state index contributed by atoms with van der Waals surface area (Å²) in [7, 11) is -2.21. The van der Waals surface area contributed by atoms with Crippen molar-refractivity contribution in [2.45, 2.75) is 66.1 Å². The zero-order valence-corrected chi connectivity index (χ0v) is 23.2. The van der Waals surface area contributed by atoms with Crippen molar-refractivity contribution in [3.63, 3.8) is 0 Å². The minimum Gasteiger partial charge on any atom is -0.497 e. The van der Waals surface area contributed by atoms with E-state index in [4.69, 9.17) is 4.74 Å². The Morgan fingerprint density at radius 2 is 1.67 bits per heavy atom. The van der Waals surface area contributed by atoms with Crippen molar-refractivity contribution in [3.8, 4) is 5.75 Å². The summed E-state index contributed by atoms with van der Waals surface area (Å²) in [5, 5.41) is 2.97. The molecular formula is C27H39N3O5S. The third-order valence-corrected chi connectivity index (χ3v) is 7.19. The lowest BCUT2D eigenvalue weighted by atomic mass is 10.1. The summed E-state index contributed by atoms with van der Waals surface area (Å²) in [6.07, 6.45) is 2.21. The number of amides is 2. The van der Waals surface area contributed by atoms with E-state index in [2.05, 4.69) is 5.32 Å². The van der Waals surface area contributed by atoms with Gasteiger partial charge in [0.15, 0.2) is 0 Å². The van der Waals surface area contributed by atoms with E-state index in [9.17, 15) is 18.0 Å². The maximum Gasteiger partial charge on any atom is 0.244 e. The number of ether oxygens (including phenoxy) is 1. The van der Waals surface area contributed by atoms with Gasteiger partial charge in [0.05, 0.1) is 19.1 Å². The van der Waals surface area contributed by atoms with Crippen LogP contribution >= 0.6 is 0 Å². The Morgan fingerprint density at radius 3 is 2.19 bits per heavy atom. The average molecular weight is 518 g/mol. The summed E-state index contributed by atoms with van der Waals surface area (Å²) in [4.78, 5) is 28.4. The molecule has 0 unspecified atom stereocenters. The van der Waals surface area contributed by atoms with Gasteiger partial charge in [-0.2, -0.15) is 0 Å². The number of hydrogen-bond donors (Lipinski definition) is 1. The van der Waals surface area contributed by atoms with Crippen molar-refractivity contribution in [3.05, 3.63) is 59.2 Å². The summed E-state index contributed by atoms with van der Waals surface area (Å²) >= 11 is 0. The molecule has 0 saturated heterocycles. The normalized spacial score (nSPS) is 13.0. The lowest BCUT2D eigenvalue weighted by molar-refractivity contribution is -0.140. The van der Waals surface area contributed by atoms with Crippen molar-refractivity contribution >= 4 is 27.5 Å². The van der Waals surface area contributed by atoms with Gasteiger partial charge in [-0.05, 0) is 74.6 Å². The fourth-order valence-electron chi connectivity index (χ4n) is 4.04. The number of hydrogen-bond acceptors (Lipinski definition) is 5. The molecule has 2 rings (SSSR count). The predicted octanol–water partition coefficient (Wildman–Crippen LogP) is 3.80. The van der Waals surface area contributed by atoms with E-state index in [0.717, 1.165) is 33.7 Å². The van der Waals surface area contributed by atoms with Gasteiger partial charge in [-0.25, -0.2) is 8.42 Å². The molecule has 0 spiro atoms. The highest BCUT2D eigenvalue weighted by molar-refractivity contribution is 7.92. The molecule has 2 aromatic rings. The zero-order chi connectivity index (χ0) is 27.0. The van der Waals surface area contributed by atoms with Gasteiger partial charge in [-0.3, -0.25) is 13.9 Å². The number of carbonyl (C=O) groups excluding carboxylic acids is 2. The van der Waals surface area contributed by atoms with Crippen LogP contribution in [0.2, 0.25) is 0 Å². The molecule has 2 aromatic carbocycles. The minimum atomic E-state index is -3.77. The lowest BCUT2D eigenvalue weighted by Gasteiger charge is -2.33. The van der Waals surface area contributed by atoms with Gasteiger partial charge >= 0.3 is 0 Å². The third kappa shape index (κ3) is 7.98. The molecule has 0 aromatic heterocycles. The molecule has 2 amide bonds. The smallest absolute Gasteiger partial charge is 0.244 e. The first-order valence-corrected chi connectivity index (χ1v) is 14.0. The molecule has 0 aliphatic heterocycles. The van der Waals surface area contributed by atoms with E-state index in [0.29, 0.717) is 17.9 Å². The molecule has 198 valence electrons. The fourth-order valence-corrected chi connectivity index (χ4v) is 4.87. The molecule has 9 heteroatoms. The van der Waals surface area contributed by atoms with E-state index in [1.165, 1.54) is 4.90 Å². The van der Waals surface area contributed by atoms with Crippen LogP contribution in [0.1, 0.15) is 50.3 Å². The Balaban J connectivity index is 2.49. The fraction of sp³-hybridized carbons (Fsp3) is 0.481. The van der Waals surface area contributed by atoms with E-state index in [-0.39, 0.29) is 18.5 Å². The van der Waals surface area contributed by atoms with Crippen LogP contribution in [-0.4, -0.2) is 57.1 Å². The summed E-state index contributed by atoms with van der Waals surface area (Å²) in [6.45, 7) is 9.18. The van der Waals surface area contributed by atoms with Gasteiger partial charge in [-0.1, -0.05) is 32.0 Å². The molecule has 0 heterocycles. The molecule has 0 radical (unpaired) electrons. The second-order valence-corrected chi connectivity index (χ2v) is 11.1. The van der Waals surface area contributed by atoms with E-state index in [1.54, 1.807) is 31.4 Å². The number of sulfonamides is 1. The monoisotopic (exact) mass is 517 g/mol. The Kier molecular flexibility index (Phi) is 10.3. The second-order valence-electron chi connectivity index (χ2n) is 9.23. The van der Waals surface area contributed by atoms with E-state index >= 15 is 0 Å². The topological polar surface area (TPSA) is 96.0 Å². The van der Waals surface area contributed by atoms with Crippen LogP contribution in [0.5, 0.6) is 5.75 Å². The maximum absolute atomic E-state index is 13.8. The molecule has 8 nitrogen and oxygen atoms in total. The van der Waals surface area contributed by atoms with Gasteiger partial charge in [0.25, 0.3) is 0 Å². The van der Waals surface area contributed by atoms with Gasteiger partial charge in [0, 0.05) is 12.6 Å². The van der Waals surface area contributed by atoms with Crippen molar-refractivity contribution in [2.75, 3.05) is 24.2 Å². The van der Waals surface area contributed by atoms with Crippen LogP contribution in [0.4, 0.5) is 5.69 Å². The molecule has 0 saturated carbocycles. The quantitative estimate of drug-likeness (QED) is 0.462. The molecule has 1 N–H and O–H groups in total. The summed E-state index contributed by atoms with van der Waals surface area (Å²) in [5.41, 5.74) is 2.97. The molecule has 0 bridgehead atoms. The van der Waals surface area contributed by atoms with Gasteiger partial charge in [0.2, 0.25) is 21.8 Å². The first kappa shape index (κ1) is 29.2. The number of anilines is 1. The van der Waals surface area contributed by atoms with Crippen LogP contribution < -0.4 is 14.4 Å². The number of methoxy groups -OCH3 is 1. The third-order valence-electron chi connectivity index (χ3n) is 6.05. The van der Waals surface area contributed by atoms with Crippen molar-refractivity contribution in [1.82, 2.24) is 10.2 Å². The van der Waals surface area contributed by atoms with Crippen molar-refractivity contribution in [1.29, 1.82) is 0 Å². The van der Waals surface area contributed by atoms with Crippen LogP contribution in [0.15, 0.2) is 42.5 Å². The second kappa shape index (κ2) is 12.8. The van der Waals surface area contributed by atoms with Gasteiger partial charge in [0.1, 0.15) is 18.3 Å². The number of rotatable bonds is 12. The molecule has 0 aliphatic carbocycles. The highest BCUT2D eigenvalue weighted by Gasteiger charge is 2.32. The highest BCUT2D eigenvalue weighted by atomic mass is 32.2. The maximum atomic E-state index is 13.8. The predicted molar refractivity (Wildman–Crippen MR) is 144 cm³/mol. The standard InChI is InChI=1S/C27H39N3O5S/c1-8-21(5)28-27(32)25(9-2)29(17-22-11-10-12-24(16-22)35-6)26(31)18-30(36(7,33)34)23-14-19(3)13-20(4)15-23/h10-16,21,25H,8-9,17-18H2,1-7H3,(H,28,32)/t21-,25+/m0/s1. The van der Waals surface area contributed by atoms with E-state index < -0.39 is 28.5 Å².